The molecule has 1 heterocycles. The Labute approximate surface area is 97.5 Å². The van der Waals surface area contributed by atoms with Crippen LogP contribution in [0, 0.1) is 5.41 Å². The number of ether oxygens (including phenoxy) is 1. The summed E-state index contributed by atoms with van der Waals surface area (Å²) in [7, 11) is 1.64. The molecule has 0 bridgehead atoms. The fourth-order valence-electron chi connectivity index (χ4n) is 1.96. The Morgan fingerprint density at radius 2 is 2.12 bits per heavy atom. The molecule has 3 nitrogen and oxygen atoms in total. The SMILES string of the molecule is COC(C(O)Cc1cccnc1)C(C)(C)C. The van der Waals surface area contributed by atoms with E-state index in [-0.39, 0.29) is 11.5 Å². The summed E-state index contributed by atoms with van der Waals surface area (Å²) in [4.78, 5) is 4.03. The predicted octanol–water partition coefficient (Wildman–Crippen LogP) is 2.05. The van der Waals surface area contributed by atoms with Crippen LogP contribution in [0.1, 0.15) is 26.3 Å². The number of aliphatic hydroxyl groups excluding tert-OH is 1. The molecule has 1 N–H and O–H groups in total. The molecule has 3 heteroatoms. The lowest BCUT2D eigenvalue weighted by molar-refractivity contribution is -0.0699. The number of hydrogen-bond donors (Lipinski definition) is 1. The molecule has 0 radical (unpaired) electrons. The van der Waals surface area contributed by atoms with Crippen LogP contribution in [0.3, 0.4) is 0 Å². The van der Waals surface area contributed by atoms with Crippen molar-refractivity contribution in [2.45, 2.75) is 39.4 Å². The van der Waals surface area contributed by atoms with Gasteiger partial charge < -0.3 is 9.84 Å². The summed E-state index contributed by atoms with van der Waals surface area (Å²) in [6.07, 6.45) is 3.40. The lowest BCUT2D eigenvalue weighted by Gasteiger charge is -2.33. The molecule has 0 saturated carbocycles. The number of aliphatic hydroxyl groups is 1. The molecule has 0 aliphatic heterocycles. The van der Waals surface area contributed by atoms with E-state index < -0.39 is 6.10 Å². The zero-order valence-corrected chi connectivity index (χ0v) is 10.5. The molecule has 0 fully saturated rings. The zero-order valence-electron chi connectivity index (χ0n) is 10.5. The standard InChI is InChI=1S/C13H21NO2/c1-13(2,3)12(16-4)11(15)8-10-6-5-7-14-9-10/h5-7,9,11-12,15H,8H2,1-4H3. The third-order valence-electron chi connectivity index (χ3n) is 2.62. The van der Waals surface area contributed by atoms with Crippen LogP contribution in [0.25, 0.3) is 0 Å². The van der Waals surface area contributed by atoms with Gasteiger partial charge in [0.25, 0.3) is 0 Å². The molecule has 2 unspecified atom stereocenters. The number of pyridine rings is 1. The molecule has 2 atom stereocenters. The largest absolute Gasteiger partial charge is 0.390 e. The van der Waals surface area contributed by atoms with Gasteiger partial charge in [-0.15, -0.1) is 0 Å². The van der Waals surface area contributed by atoms with E-state index in [1.54, 1.807) is 19.5 Å². The monoisotopic (exact) mass is 223 g/mol. The number of hydrogen-bond acceptors (Lipinski definition) is 3. The normalized spacial score (nSPS) is 15.8. The summed E-state index contributed by atoms with van der Waals surface area (Å²) in [5, 5.41) is 10.1. The maximum absolute atomic E-state index is 10.1. The molecule has 0 spiro atoms. The van der Waals surface area contributed by atoms with Gasteiger partial charge in [-0.25, -0.2) is 0 Å². The summed E-state index contributed by atoms with van der Waals surface area (Å²) in [5.41, 5.74) is 0.956. The minimum Gasteiger partial charge on any atom is -0.390 e. The van der Waals surface area contributed by atoms with Gasteiger partial charge in [0.2, 0.25) is 0 Å². The second-order valence-electron chi connectivity index (χ2n) is 5.16. The highest BCUT2D eigenvalue weighted by molar-refractivity contribution is 5.10. The van der Waals surface area contributed by atoms with Crippen molar-refractivity contribution < 1.29 is 9.84 Å². The maximum Gasteiger partial charge on any atom is 0.0881 e. The van der Waals surface area contributed by atoms with Gasteiger partial charge in [0.05, 0.1) is 12.2 Å². The first-order chi connectivity index (χ1) is 7.45. The summed E-state index contributed by atoms with van der Waals surface area (Å²) >= 11 is 0. The van der Waals surface area contributed by atoms with E-state index in [0.29, 0.717) is 6.42 Å². The fourth-order valence-corrected chi connectivity index (χ4v) is 1.96. The van der Waals surface area contributed by atoms with E-state index in [0.717, 1.165) is 5.56 Å². The Kier molecular flexibility index (Phi) is 4.44. The minimum atomic E-state index is -0.505. The van der Waals surface area contributed by atoms with Gasteiger partial charge in [0.15, 0.2) is 0 Å². The Morgan fingerprint density at radius 1 is 1.44 bits per heavy atom. The summed E-state index contributed by atoms with van der Waals surface area (Å²) in [6.45, 7) is 6.19. The van der Waals surface area contributed by atoms with Crippen LogP contribution in [0.4, 0.5) is 0 Å². The summed E-state index contributed by atoms with van der Waals surface area (Å²) in [5.74, 6) is 0. The lowest BCUT2D eigenvalue weighted by Crippen LogP contribution is -2.40. The van der Waals surface area contributed by atoms with Gasteiger partial charge in [-0.05, 0) is 17.0 Å². The van der Waals surface area contributed by atoms with Gasteiger partial charge in [-0.3, -0.25) is 4.98 Å². The zero-order chi connectivity index (χ0) is 12.2. The van der Waals surface area contributed by atoms with E-state index >= 15 is 0 Å². The van der Waals surface area contributed by atoms with Crippen LogP contribution in [-0.2, 0) is 11.2 Å². The van der Waals surface area contributed by atoms with Gasteiger partial charge in [0.1, 0.15) is 0 Å². The number of methoxy groups -OCH3 is 1. The van der Waals surface area contributed by atoms with Crippen LogP contribution in [0.5, 0.6) is 0 Å². The molecular formula is C13H21NO2. The van der Waals surface area contributed by atoms with Crippen LogP contribution >= 0.6 is 0 Å². The molecule has 0 aliphatic carbocycles. The van der Waals surface area contributed by atoms with Crippen molar-refractivity contribution in [3.8, 4) is 0 Å². The van der Waals surface area contributed by atoms with Gasteiger partial charge in [-0.1, -0.05) is 26.8 Å². The molecule has 90 valence electrons. The smallest absolute Gasteiger partial charge is 0.0881 e. The average molecular weight is 223 g/mol. The van der Waals surface area contributed by atoms with E-state index in [1.165, 1.54) is 0 Å². The Hall–Kier alpha value is -0.930. The first kappa shape index (κ1) is 13.1. The fraction of sp³-hybridized carbons (Fsp3) is 0.615. The quantitative estimate of drug-likeness (QED) is 0.849. The number of nitrogens with zero attached hydrogens (tertiary/aromatic N) is 1. The molecule has 0 saturated heterocycles. The van der Waals surface area contributed by atoms with Crippen molar-refractivity contribution in [2.75, 3.05) is 7.11 Å². The van der Waals surface area contributed by atoms with E-state index in [4.69, 9.17) is 4.74 Å². The number of rotatable bonds is 4. The van der Waals surface area contributed by atoms with Crippen molar-refractivity contribution in [1.29, 1.82) is 0 Å². The van der Waals surface area contributed by atoms with Crippen molar-refractivity contribution >= 4 is 0 Å². The second-order valence-corrected chi connectivity index (χ2v) is 5.16. The third-order valence-corrected chi connectivity index (χ3v) is 2.62. The topological polar surface area (TPSA) is 42.4 Å². The molecule has 1 aromatic heterocycles. The first-order valence-electron chi connectivity index (χ1n) is 5.55. The van der Waals surface area contributed by atoms with E-state index in [2.05, 4.69) is 25.8 Å². The van der Waals surface area contributed by atoms with Crippen LogP contribution < -0.4 is 0 Å². The molecule has 0 aliphatic rings. The third kappa shape index (κ3) is 3.58. The molecule has 0 aromatic carbocycles. The predicted molar refractivity (Wildman–Crippen MR) is 64.2 cm³/mol. The average Bonchev–Trinajstić information content (AvgIpc) is 2.17. The summed E-state index contributed by atoms with van der Waals surface area (Å²) < 4.78 is 5.38. The van der Waals surface area contributed by atoms with Crippen LogP contribution in [0.15, 0.2) is 24.5 Å². The highest BCUT2D eigenvalue weighted by Crippen LogP contribution is 2.25. The molecule has 1 rings (SSSR count). The molecular weight excluding hydrogens is 202 g/mol. The first-order valence-corrected chi connectivity index (χ1v) is 5.55. The summed E-state index contributed by atoms with van der Waals surface area (Å²) in [6, 6.07) is 3.84. The van der Waals surface area contributed by atoms with Crippen molar-refractivity contribution in [3.05, 3.63) is 30.1 Å². The molecule has 0 amide bonds. The van der Waals surface area contributed by atoms with E-state index in [9.17, 15) is 5.11 Å². The maximum atomic E-state index is 10.1. The Bertz CT molecular complexity index is 305. The highest BCUT2D eigenvalue weighted by Gasteiger charge is 2.31. The van der Waals surface area contributed by atoms with Crippen molar-refractivity contribution in [2.24, 2.45) is 5.41 Å². The number of aromatic nitrogens is 1. The van der Waals surface area contributed by atoms with Crippen LogP contribution in [-0.4, -0.2) is 29.4 Å². The highest BCUT2D eigenvalue weighted by atomic mass is 16.5. The van der Waals surface area contributed by atoms with Gasteiger partial charge in [0, 0.05) is 25.9 Å². The Morgan fingerprint density at radius 3 is 2.56 bits per heavy atom. The van der Waals surface area contributed by atoms with Crippen molar-refractivity contribution in [3.63, 3.8) is 0 Å². The van der Waals surface area contributed by atoms with Gasteiger partial charge in [-0.2, -0.15) is 0 Å². The minimum absolute atomic E-state index is 0.0730. The van der Waals surface area contributed by atoms with E-state index in [1.807, 2.05) is 12.1 Å². The Balaban J connectivity index is 2.67. The molecule has 16 heavy (non-hydrogen) atoms. The van der Waals surface area contributed by atoms with Crippen molar-refractivity contribution in [1.82, 2.24) is 4.98 Å². The van der Waals surface area contributed by atoms with Gasteiger partial charge >= 0.3 is 0 Å². The second kappa shape index (κ2) is 5.41. The lowest BCUT2D eigenvalue weighted by atomic mass is 9.84. The molecule has 1 aromatic rings. The van der Waals surface area contributed by atoms with Crippen LogP contribution in [0.2, 0.25) is 0 Å².